The van der Waals surface area contributed by atoms with Gasteiger partial charge >= 0.3 is 5.97 Å². The van der Waals surface area contributed by atoms with Crippen LogP contribution in [-0.4, -0.2) is 28.4 Å². The van der Waals surface area contributed by atoms with Crippen molar-refractivity contribution in [2.24, 2.45) is 0 Å². The number of esters is 1. The molecule has 0 atom stereocenters. The van der Waals surface area contributed by atoms with Gasteiger partial charge in [-0.05, 0) is 25.1 Å². The Hall–Kier alpha value is -4.08. The fraction of sp³-hybridized carbons (Fsp3) is 0.105. The van der Waals surface area contributed by atoms with E-state index in [0.717, 1.165) is 18.2 Å². The van der Waals surface area contributed by atoms with E-state index in [1.807, 2.05) is 6.07 Å². The van der Waals surface area contributed by atoms with Crippen LogP contribution in [0.15, 0.2) is 52.9 Å². The molecule has 1 heterocycles. The van der Waals surface area contributed by atoms with Crippen molar-refractivity contribution in [3.05, 3.63) is 75.9 Å². The third-order valence-corrected chi connectivity index (χ3v) is 3.78. The lowest BCUT2D eigenvalue weighted by Crippen LogP contribution is -2.22. The van der Waals surface area contributed by atoms with Gasteiger partial charge in [-0.25, -0.2) is 14.2 Å². The number of carbonyl (C=O) groups is 2. The number of nitro groups is 1. The molecule has 0 saturated heterocycles. The molecule has 0 fully saturated rings. The van der Waals surface area contributed by atoms with Crippen molar-refractivity contribution < 1.29 is 28.1 Å². The maximum atomic E-state index is 13.7. The van der Waals surface area contributed by atoms with E-state index in [9.17, 15) is 24.1 Å². The number of carbonyl (C=O) groups excluding carboxylic acids is 2. The third kappa shape index (κ3) is 4.61. The van der Waals surface area contributed by atoms with Crippen LogP contribution in [0.4, 0.5) is 15.8 Å². The molecule has 148 valence electrons. The summed E-state index contributed by atoms with van der Waals surface area (Å²) in [6.45, 7) is 0.780. The molecular formula is C19H14FN3O6. The van der Waals surface area contributed by atoms with Gasteiger partial charge in [0.25, 0.3) is 11.6 Å². The van der Waals surface area contributed by atoms with E-state index in [-0.39, 0.29) is 17.3 Å². The number of rotatable bonds is 6. The van der Waals surface area contributed by atoms with Crippen LogP contribution in [0.2, 0.25) is 0 Å². The first-order chi connectivity index (χ1) is 13.8. The molecule has 0 unspecified atom stereocenters. The molecule has 0 aliphatic rings. The summed E-state index contributed by atoms with van der Waals surface area (Å²) in [6.07, 6.45) is 0. The fourth-order valence-corrected chi connectivity index (χ4v) is 2.40. The molecule has 9 nitrogen and oxygen atoms in total. The number of hydrogen-bond donors (Lipinski definition) is 1. The first-order valence-corrected chi connectivity index (χ1v) is 8.29. The number of non-ortho nitro benzene ring substituents is 1. The summed E-state index contributed by atoms with van der Waals surface area (Å²) in [5, 5.41) is 12.9. The number of hydrogen-bond acceptors (Lipinski definition) is 7. The molecule has 0 bridgehead atoms. The molecule has 2 aromatic carbocycles. The summed E-state index contributed by atoms with van der Waals surface area (Å²) < 4.78 is 24.0. The molecule has 10 heteroatoms. The van der Waals surface area contributed by atoms with Gasteiger partial charge in [0.15, 0.2) is 12.3 Å². The first-order valence-electron chi connectivity index (χ1n) is 8.29. The normalized spacial score (nSPS) is 10.4. The van der Waals surface area contributed by atoms with Crippen molar-refractivity contribution in [1.82, 2.24) is 4.98 Å². The van der Waals surface area contributed by atoms with Crippen LogP contribution in [0.3, 0.4) is 0 Å². The fourth-order valence-electron chi connectivity index (χ4n) is 2.40. The molecule has 0 aliphatic carbocycles. The van der Waals surface area contributed by atoms with Crippen LogP contribution in [0, 0.1) is 22.9 Å². The third-order valence-electron chi connectivity index (χ3n) is 3.78. The Kier molecular flexibility index (Phi) is 5.63. The predicted octanol–water partition coefficient (Wildman–Crippen LogP) is 3.49. The number of aromatic nitrogens is 1. The maximum absolute atomic E-state index is 13.7. The molecule has 3 rings (SSSR count). The zero-order valence-corrected chi connectivity index (χ0v) is 15.0. The number of benzene rings is 2. The molecule has 0 saturated carbocycles. The number of anilines is 1. The highest BCUT2D eigenvalue weighted by Crippen LogP contribution is 2.23. The smallest absolute Gasteiger partial charge is 0.361 e. The molecule has 1 N–H and O–H groups in total. The zero-order valence-electron chi connectivity index (χ0n) is 15.0. The number of nitrogens with zero attached hydrogens (tertiary/aromatic N) is 2. The quantitative estimate of drug-likeness (QED) is 0.382. The summed E-state index contributed by atoms with van der Waals surface area (Å²) in [4.78, 5) is 38.2. The van der Waals surface area contributed by atoms with Crippen molar-refractivity contribution in [1.29, 1.82) is 0 Å². The van der Waals surface area contributed by atoms with Crippen LogP contribution >= 0.6 is 0 Å². The molecule has 3 aromatic rings. The Bertz CT molecular complexity index is 1080. The van der Waals surface area contributed by atoms with Crippen LogP contribution in [-0.2, 0) is 9.53 Å². The van der Waals surface area contributed by atoms with E-state index in [4.69, 9.17) is 9.15 Å². The van der Waals surface area contributed by atoms with Gasteiger partial charge in [0.05, 0.1) is 10.6 Å². The second-order valence-electron chi connectivity index (χ2n) is 5.84. The lowest BCUT2D eigenvalue weighted by atomic mass is 10.2. The van der Waals surface area contributed by atoms with Crippen molar-refractivity contribution in [2.45, 2.75) is 6.92 Å². The molecule has 1 aromatic heterocycles. The van der Waals surface area contributed by atoms with Gasteiger partial charge in [-0.3, -0.25) is 14.9 Å². The van der Waals surface area contributed by atoms with Crippen LogP contribution < -0.4 is 5.32 Å². The standard InChI is InChI=1S/C19H14FN3O6/c1-11-17(22-18(29-11)12-5-3-2-4-6-12)19(25)28-10-16(24)21-15-9-13(23(26)27)7-8-14(15)20/h2-9H,10H2,1H3,(H,21,24). The Morgan fingerprint density at radius 2 is 1.97 bits per heavy atom. The lowest BCUT2D eigenvalue weighted by Gasteiger charge is -2.07. The van der Waals surface area contributed by atoms with E-state index in [0.29, 0.717) is 5.56 Å². The number of amides is 1. The van der Waals surface area contributed by atoms with E-state index in [1.54, 1.807) is 24.3 Å². The second kappa shape index (κ2) is 8.30. The number of nitro benzene ring substituents is 1. The monoisotopic (exact) mass is 399 g/mol. The molecule has 0 spiro atoms. The van der Waals surface area contributed by atoms with Crippen LogP contribution in [0.5, 0.6) is 0 Å². The molecule has 0 radical (unpaired) electrons. The van der Waals surface area contributed by atoms with Gasteiger partial charge < -0.3 is 14.5 Å². The Balaban J connectivity index is 1.64. The average Bonchev–Trinajstić information content (AvgIpc) is 3.10. The number of halogens is 1. The number of nitrogens with one attached hydrogen (secondary N) is 1. The van der Waals surface area contributed by atoms with E-state index in [2.05, 4.69) is 10.3 Å². The van der Waals surface area contributed by atoms with Crippen LogP contribution in [0.1, 0.15) is 16.2 Å². The summed E-state index contributed by atoms with van der Waals surface area (Å²) in [5.74, 6) is -2.21. The van der Waals surface area contributed by atoms with Gasteiger partial charge in [0.1, 0.15) is 11.6 Å². The maximum Gasteiger partial charge on any atom is 0.361 e. The van der Waals surface area contributed by atoms with E-state index in [1.165, 1.54) is 6.92 Å². The van der Waals surface area contributed by atoms with Crippen molar-refractivity contribution in [3.63, 3.8) is 0 Å². The Morgan fingerprint density at radius 3 is 2.66 bits per heavy atom. The Morgan fingerprint density at radius 1 is 1.24 bits per heavy atom. The number of aryl methyl sites for hydroxylation is 1. The average molecular weight is 399 g/mol. The molecule has 29 heavy (non-hydrogen) atoms. The van der Waals surface area contributed by atoms with Crippen molar-refractivity contribution >= 4 is 23.3 Å². The minimum atomic E-state index is -0.900. The number of ether oxygens (including phenoxy) is 1. The van der Waals surface area contributed by atoms with Crippen molar-refractivity contribution in [2.75, 3.05) is 11.9 Å². The van der Waals surface area contributed by atoms with Gasteiger partial charge in [-0.15, -0.1) is 0 Å². The summed E-state index contributed by atoms with van der Waals surface area (Å²) in [5.41, 5.74) is -0.235. The first kappa shape index (κ1) is 19.7. The Labute approximate surface area is 163 Å². The van der Waals surface area contributed by atoms with Crippen LogP contribution in [0.25, 0.3) is 11.5 Å². The number of oxazole rings is 1. The minimum Gasteiger partial charge on any atom is -0.451 e. The van der Waals surface area contributed by atoms with Gasteiger partial charge in [-0.2, -0.15) is 0 Å². The van der Waals surface area contributed by atoms with Gasteiger partial charge in [-0.1, -0.05) is 18.2 Å². The zero-order chi connectivity index (χ0) is 21.0. The summed E-state index contributed by atoms with van der Waals surface area (Å²) in [6, 6.07) is 11.6. The van der Waals surface area contributed by atoms with Gasteiger partial charge in [0, 0.05) is 17.7 Å². The lowest BCUT2D eigenvalue weighted by molar-refractivity contribution is -0.384. The van der Waals surface area contributed by atoms with E-state index < -0.39 is 40.6 Å². The highest BCUT2D eigenvalue weighted by molar-refractivity contribution is 5.95. The molecule has 1 amide bonds. The minimum absolute atomic E-state index is 0.0989. The topological polar surface area (TPSA) is 125 Å². The highest BCUT2D eigenvalue weighted by Gasteiger charge is 2.21. The van der Waals surface area contributed by atoms with Gasteiger partial charge in [0.2, 0.25) is 5.89 Å². The molecule has 0 aliphatic heterocycles. The largest absolute Gasteiger partial charge is 0.451 e. The second-order valence-corrected chi connectivity index (χ2v) is 5.84. The van der Waals surface area contributed by atoms with E-state index >= 15 is 0 Å². The molecular weight excluding hydrogens is 385 g/mol. The predicted molar refractivity (Wildman–Crippen MR) is 98.6 cm³/mol. The summed E-state index contributed by atoms with van der Waals surface area (Å²) in [7, 11) is 0. The van der Waals surface area contributed by atoms with Crippen molar-refractivity contribution in [3.8, 4) is 11.5 Å². The highest BCUT2D eigenvalue weighted by atomic mass is 19.1. The summed E-state index contributed by atoms with van der Waals surface area (Å²) >= 11 is 0. The SMILES string of the molecule is Cc1oc(-c2ccccc2)nc1C(=O)OCC(=O)Nc1cc([N+](=O)[O-])ccc1F.